The van der Waals surface area contributed by atoms with Crippen LogP contribution in [0.5, 0.6) is 0 Å². The van der Waals surface area contributed by atoms with E-state index in [2.05, 4.69) is 23.8 Å². The lowest BCUT2D eigenvalue weighted by Gasteiger charge is -1.97. The Bertz CT molecular complexity index is 239. The molecule has 1 rings (SSSR count). The summed E-state index contributed by atoms with van der Waals surface area (Å²) in [5, 5.41) is 4.24. The van der Waals surface area contributed by atoms with E-state index in [0.717, 1.165) is 32.1 Å². The molecule has 0 saturated carbocycles. The molecule has 13 heavy (non-hydrogen) atoms. The maximum Gasteiger partial charge on any atom is 0.132 e. The Morgan fingerprint density at radius 3 is 2.92 bits per heavy atom. The van der Waals surface area contributed by atoms with Gasteiger partial charge in [0.1, 0.15) is 5.78 Å². The van der Waals surface area contributed by atoms with Gasteiger partial charge in [-0.05, 0) is 41.7 Å². The molecule has 2 heteroatoms. The summed E-state index contributed by atoms with van der Waals surface area (Å²) in [5.74, 6) is 0.415. The van der Waals surface area contributed by atoms with Gasteiger partial charge >= 0.3 is 0 Å². The van der Waals surface area contributed by atoms with Gasteiger partial charge in [0.05, 0.1) is 0 Å². The lowest BCUT2D eigenvalue weighted by Crippen LogP contribution is -1.97. The summed E-state index contributed by atoms with van der Waals surface area (Å²) >= 11 is 1.72. The molecule has 1 heterocycles. The van der Waals surface area contributed by atoms with E-state index < -0.39 is 0 Å². The van der Waals surface area contributed by atoms with Crippen LogP contribution in [0, 0.1) is 0 Å². The van der Waals surface area contributed by atoms with Crippen LogP contribution < -0.4 is 0 Å². The zero-order chi connectivity index (χ0) is 9.52. The first-order chi connectivity index (χ1) is 6.33. The highest BCUT2D eigenvalue weighted by Gasteiger charge is 2.00. The molecule has 1 aromatic rings. The van der Waals surface area contributed by atoms with Crippen molar-refractivity contribution in [1.82, 2.24) is 0 Å². The summed E-state index contributed by atoms with van der Waals surface area (Å²) in [6, 6.07) is 2.13. The molecule has 0 spiro atoms. The standard InChI is InChI=1S/C11H16OS/c1-2-4-11(12)6-3-5-10-7-8-13-9-10/h7-9H,2-6H2,1H3. The van der Waals surface area contributed by atoms with Gasteiger partial charge in [-0.1, -0.05) is 6.92 Å². The van der Waals surface area contributed by atoms with E-state index in [4.69, 9.17) is 0 Å². The highest BCUT2D eigenvalue weighted by molar-refractivity contribution is 7.07. The maximum absolute atomic E-state index is 11.2. The number of carbonyl (C=O) groups excluding carboxylic acids is 1. The minimum Gasteiger partial charge on any atom is -0.300 e. The van der Waals surface area contributed by atoms with Crippen molar-refractivity contribution in [3.63, 3.8) is 0 Å². The topological polar surface area (TPSA) is 17.1 Å². The molecule has 0 fully saturated rings. The monoisotopic (exact) mass is 196 g/mol. The first-order valence-corrected chi connectivity index (χ1v) is 5.80. The number of Topliss-reactive ketones (excluding diaryl/α,β-unsaturated/α-hetero) is 1. The van der Waals surface area contributed by atoms with E-state index in [0.29, 0.717) is 5.78 Å². The van der Waals surface area contributed by atoms with Gasteiger partial charge in [-0.25, -0.2) is 0 Å². The molecular formula is C11H16OS. The molecule has 1 nitrogen and oxygen atoms in total. The number of carbonyl (C=O) groups is 1. The Morgan fingerprint density at radius 1 is 1.46 bits per heavy atom. The van der Waals surface area contributed by atoms with Crippen molar-refractivity contribution in [2.75, 3.05) is 0 Å². The zero-order valence-corrected chi connectivity index (χ0v) is 8.90. The Balaban J connectivity index is 2.11. The van der Waals surface area contributed by atoms with Crippen LogP contribution in [0.1, 0.15) is 38.2 Å². The number of hydrogen-bond donors (Lipinski definition) is 0. The molecule has 1 aromatic heterocycles. The predicted molar refractivity (Wildman–Crippen MR) is 57.2 cm³/mol. The first-order valence-electron chi connectivity index (χ1n) is 4.85. The Hall–Kier alpha value is -0.630. The molecule has 0 saturated heterocycles. The van der Waals surface area contributed by atoms with E-state index in [9.17, 15) is 4.79 Å². The molecule has 0 aliphatic heterocycles. The second-order valence-electron chi connectivity index (χ2n) is 3.27. The molecule has 72 valence electrons. The largest absolute Gasteiger partial charge is 0.300 e. The summed E-state index contributed by atoms with van der Waals surface area (Å²) < 4.78 is 0. The third kappa shape index (κ3) is 4.23. The van der Waals surface area contributed by atoms with Gasteiger partial charge in [-0.15, -0.1) is 0 Å². The number of aryl methyl sites for hydroxylation is 1. The molecule has 0 atom stereocenters. The maximum atomic E-state index is 11.2. The molecule has 0 unspecified atom stereocenters. The fourth-order valence-electron chi connectivity index (χ4n) is 1.33. The summed E-state index contributed by atoms with van der Waals surface area (Å²) in [6.45, 7) is 2.05. The van der Waals surface area contributed by atoms with Crippen molar-refractivity contribution in [3.05, 3.63) is 22.4 Å². The summed E-state index contributed by atoms with van der Waals surface area (Å²) in [4.78, 5) is 11.2. The van der Waals surface area contributed by atoms with Crippen molar-refractivity contribution >= 4 is 17.1 Å². The molecule has 0 bridgehead atoms. The van der Waals surface area contributed by atoms with Crippen molar-refractivity contribution in [3.8, 4) is 0 Å². The summed E-state index contributed by atoms with van der Waals surface area (Å²) in [6.07, 6.45) is 4.55. The van der Waals surface area contributed by atoms with Gasteiger partial charge in [-0.3, -0.25) is 4.79 Å². The average molecular weight is 196 g/mol. The van der Waals surface area contributed by atoms with Gasteiger partial charge < -0.3 is 0 Å². The Kier molecular flexibility index (Phi) is 4.76. The predicted octanol–water partition coefficient (Wildman–Crippen LogP) is 3.44. The average Bonchev–Trinajstić information content (AvgIpc) is 2.57. The summed E-state index contributed by atoms with van der Waals surface area (Å²) in [7, 11) is 0. The van der Waals surface area contributed by atoms with Crippen molar-refractivity contribution in [2.45, 2.75) is 39.0 Å². The lowest BCUT2D eigenvalue weighted by molar-refractivity contribution is -0.119. The van der Waals surface area contributed by atoms with Crippen LogP contribution in [0.15, 0.2) is 16.8 Å². The SMILES string of the molecule is CCCC(=O)CCCc1ccsc1. The van der Waals surface area contributed by atoms with Crippen molar-refractivity contribution in [1.29, 1.82) is 0 Å². The van der Waals surface area contributed by atoms with Crippen LogP contribution in [-0.4, -0.2) is 5.78 Å². The van der Waals surface area contributed by atoms with Crippen LogP contribution in [0.4, 0.5) is 0 Å². The third-order valence-electron chi connectivity index (χ3n) is 2.03. The number of thiophene rings is 1. The fourth-order valence-corrected chi connectivity index (χ4v) is 2.03. The molecule has 0 amide bonds. The zero-order valence-electron chi connectivity index (χ0n) is 8.08. The number of hydrogen-bond acceptors (Lipinski definition) is 2. The van der Waals surface area contributed by atoms with Crippen LogP contribution in [0.3, 0.4) is 0 Å². The highest BCUT2D eigenvalue weighted by atomic mass is 32.1. The van der Waals surface area contributed by atoms with E-state index in [1.165, 1.54) is 5.56 Å². The van der Waals surface area contributed by atoms with Crippen LogP contribution in [0.2, 0.25) is 0 Å². The lowest BCUT2D eigenvalue weighted by atomic mass is 10.1. The van der Waals surface area contributed by atoms with Crippen LogP contribution in [0.25, 0.3) is 0 Å². The fraction of sp³-hybridized carbons (Fsp3) is 0.545. The number of rotatable bonds is 6. The van der Waals surface area contributed by atoms with Gasteiger partial charge in [0.25, 0.3) is 0 Å². The molecule has 0 radical (unpaired) electrons. The van der Waals surface area contributed by atoms with Gasteiger partial charge in [0, 0.05) is 12.8 Å². The Morgan fingerprint density at radius 2 is 2.31 bits per heavy atom. The minimum atomic E-state index is 0.415. The van der Waals surface area contributed by atoms with E-state index in [1.807, 2.05) is 0 Å². The molecular weight excluding hydrogens is 180 g/mol. The molecule has 0 N–H and O–H groups in total. The minimum absolute atomic E-state index is 0.415. The molecule has 0 aromatic carbocycles. The normalized spacial score (nSPS) is 10.2. The van der Waals surface area contributed by atoms with Crippen molar-refractivity contribution in [2.24, 2.45) is 0 Å². The molecule has 0 aliphatic rings. The van der Waals surface area contributed by atoms with Crippen LogP contribution in [-0.2, 0) is 11.2 Å². The Labute approximate surface area is 83.8 Å². The summed E-state index contributed by atoms with van der Waals surface area (Å²) in [5.41, 5.74) is 1.37. The molecule has 0 aliphatic carbocycles. The van der Waals surface area contributed by atoms with Crippen LogP contribution >= 0.6 is 11.3 Å². The van der Waals surface area contributed by atoms with E-state index >= 15 is 0 Å². The quantitative estimate of drug-likeness (QED) is 0.681. The van der Waals surface area contributed by atoms with Gasteiger partial charge in [-0.2, -0.15) is 11.3 Å². The van der Waals surface area contributed by atoms with Gasteiger partial charge in [0.2, 0.25) is 0 Å². The second-order valence-corrected chi connectivity index (χ2v) is 4.05. The van der Waals surface area contributed by atoms with E-state index in [1.54, 1.807) is 11.3 Å². The highest BCUT2D eigenvalue weighted by Crippen LogP contribution is 2.10. The smallest absolute Gasteiger partial charge is 0.132 e. The number of ketones is 1. The first kappa shape index (κ1) is 10.5. The third-order valence-corrected chi connectivity index (χ3v) is 2.76. The van der Waals surface area contributed by atoms with Gasteiger partial charge in [0.15, 0.2) is 0 Å². The second kappa shape index (κ2) is 5.92. The van der Waals surface area contributed by atoms with Crippen molar-refractivity contribution < 1.29 is 4.79 Å². The van der Waals surface area contributed by atoms with E-state index in [-0.39, 0.29) is 0 Å².